The topological polar surface area (TPSA) is 36.5 Å². The Balaban J connectivity index is 2.00. The number of nitrogens with zero attached hydrogens (tertiary/aromatic N) is 1. The van der Waals surface area contributed by atoms with Crippen LogP contribution < -0.4 is 15.4 Å². The highest BCUT2D eigenvalue weighted by Gasteiger charge is 2.15. The van der Waals surface area contributed by atoms with Crippen molar-refractivity contribution in [2.45, 2.75) is 19.9 Å². The molecule has 0 saturated carbocycles. The van der Waals surface area contributed by atoms with Crippen LogP contribution in [0.25, 0.3) is 0 Å². The van der Waals surface area contributed by atoms with Crippen molar-refractivity contribution < 1.29 is 4.74 Å². The van der Waals surface area contributed by atoms with E-state index in [2.05, 4.69) is 67.7 Å². The molecule has 2 N–H and O–H groups in total. The molecule has 0 aliphatic heterocycles. The van der Waals surface area contributed by atoms with E-state index in [0.29, 0.717) is 11.7 Å². The molecule has 0 spiro atoms. The third-order valence-electron chi connectivity index (χ3n) is 4.32. The molecule has 0 aliphatic carbocycles. The molecule has 4 nitrogen and oxygen atoms in total. The Morgan fingerprint density at radius 3 is 2.52 bits per heavy atom. The average Bonchev–Trinajstić information content (AvgIpc) is 2.58. The van der Waals surface area contributed by atoms with Gasteiger partial charge >= 0.3 is 0 Å². The van der Waals surface area contributed by atoms with Crippen molar-refractivity contribution in [3.63, 3.8) is 0 Å². The van der Waals surface area contributed by atoms with Crippen molar-refractivity contribution in [1.29, 1.82) is 0 Å². The molecule has 0 aromatic heterocycles. The van der Waals surface area contributed by atoms with Gasteiger partial charge in [0.2, 0.25) is 0 Å². The largest absolute Gasteiger partial charge is 0.497 e. The zero-order valence-electron chi connectivity index (χ0n) is 15.6. The summed E-state index contributed by atoms with van der Waals surface area (Å²) in [5, 5.41) is 7.20. The predicted molar refractivity (Wildman–Crippen MR) is 110 cm³/mol. The normalized spacial score (nSPS) is 11.9. The number of thiocarbonyl (C=S) groups is 1. The van der Waals surface area contributed by atoms with Crippen LogP contribution in [0.5, 0.6) is 5.75 Å². The minimum atomic E-state index is 0.189. The molecule has 2 aromatic carbocycles. The molecule has 0 saturated heterocycles. The van der Waals surface area contributed by atoms with Crippen LogP contribution in [0, 0.1) is 13.8 Å². The Bertz CT molecular complexity index is 731. The lowest BCUT2D eigenvalue weighted by Gasteiger charge is -2.26. The molecule has 0 heterocycles. The smallest absolute Gasteiger partial charge is 0.170 e. The summed E-state index contributed by atoms with van der Waals surface area (Å²) in [4.78, 5) is 2.17. The fourth-order valence-corrected chi connectivity index (χ4v) is 2.83. The van der Waals surface area contributed by atoms with Crippen LogP contribution in [-0.2, 0) is 0 Å². The number of anilines is 1. The zero-order chi connectivity index (χ0) is 18.4. The summed E-state index contributed by atoms with van der Waals surface area (Å²) in [6.07, 6.45) is 0. The molecule has 0 aliphatic rings. The van der Waals surface area contributed by atoms with E-state index in [1.165, 1.54) is 16.7 Å². The van der Waals surface area contributed by atoms with Crippen LogP contribution >= 0.6 is 12.2 Å². The summed E-state index contributed by atoms with van der Waals surface area (Å²) < 4.78 is 5.33. The maximum Gasteiger partial charge on any atom is 0.170 e. The van der Waals surface area contributed by atoms with E-state index < -0.39 is 0 Å². The van der Waals surface area contributed by atoms with E-state index in [0.717, 1.165) is 11.4 Å². The number of benzene rings is 2. The molecule has 0 amide bonds. The van der Waals surface area contributed by atoms with Gasteiger partial charge in [-0.25, -0.2) is 0 Å². The second-order valence-electron chi connectivity index (χ2n) is 6.39. The number of rotatable bonds is 6. The Hall–Kier alpha value is -2.11. The van der Waals surface area contributed by atoms with Crippen molar-refractivity contribution in [1.82, 2.24) is 10.2 Å². The Morgan fingerprint density at radius 2 is 1.88 bits per heavy atom. The summed E-state index contributed by atoms with van der Waals surface area (Å²) in [5.41, 5.74) is 4.71. The first kappa shape index (κ1) is 19.2. The van der Waals surface area contributed by atoms with Crippen LogP contribution in [0.2, 0.25) is 0 Å². The molecule has 5 heteroatoms. The predicted octanol–water partition coefficient (Wildman–Crippen LogP) is 3.90. The summed E-state index contributed by atoms with van der Waals surface area (Å²) >= 11 is 5.45. The Kier molecular flexibility index (Phi) is 6.79. The number of likely N-dealkylation sites (N-methyl/N-ethyl adjacent to an activating group) is 1. The van der Waals surface area contributed by atoms with Crippen molar-refractivity contribution in [2.75, 3.05) is 33.1 Å². The van der Waals surface area contributed by atoms with E-state index in [-0.39, 0.29) is 6.04 Å². The minimum absolute atomic E-state index is 0.189. The molecule has 25 heavy (non-hydrogen) atoms. The first-order chi connectivity index (χ1) is 11.9. The van der Waals surface area contributed by atoms with Gasteiger partial charge in [0.15, 0.2) is 5.11 Å². The molecule has 2 rings (SSSR count). The number of ether oxygens (including phenoxy) is 1. The van der Waals surface area contributed by atoms with Crippen molar-refractivity contribution in [3.05, 3.63) is 59.2 Å². The molecule has 134 valence electrons. The van der Waals surface area contributed by atoms with Gasteiger partial charge in [0.05, 0.1) is 13.2 Å². The number of hydrogen-bond donors (Lipinski definition) is 2. The van der Waals surface area contributed by atoms with Crippen molar-refractivity contribution >= 4 is 23.0 Å². The first-order valence-corrected chi connectivity index (χ1v) is 8.74. The fraction of sp³-hybridized carbons (Fsp3) is 0.350. The lowest BCUT2D eigenvalue weighted by Crippen LogP contribution is -2.36. The molecule has 2 aromatic rings. The van der Waals surface area contributed by atoms with E-state index in [9.17, 15) is 0 Å². The van der Waals surface area contributed by atoms with Gasteiger partial charge in [-0.05, 0) is 81.1 Å². The van der Waals surface area contributed by atoms with Gasteiger partial charge in [-0.3, -0.25) is 0 Å². The highest BCUT2D eigenvalue weighted by atomic mass is 32.1. The summed E-state index contributed by atoms with van der Waals surface area (Å²) in [7, 11) is 5.81. The number of aryl methyl sites for hydroxylation is 2. The van der Waals surface area contributed by atoms with E-state index in [1.54, 1.807) is 7.11 Å². The number of methoxy groups -OCH3 is 1. The highest BCUT2D eigenvalue weighted by molar-refractivity contribution is 7.80. The van der Waals surface area contributed by atoms with Crippen LogP contribution in [0.4, 0.5) is 5.69 Å². The molecule has 0 bridgehead atoms. The maximum absolute atomic E-state index is 5.45. The van der Waals surface area contributed by atoms with Gasteiger partial charge in [-0.15, -0.1) is 0 Å². The molecular formula is C20H27N3OS. The third-order valence-corrected chi connectivity index (χ3v) is 4.57. The van der Waals surface area contributed by atoms with Crippen molar-refractivity contribution in [2.24, 2.45) is 0 Å². The van der Waals surface area contributed by atoms with Crippen LogP contribution in [0.3, 0.4) is 0 Å². The third kappa shape index (κ3) is 5.44. The molecular weight excluding hydrogens is 330 g/mol. The van der Waals surface area contributed by atoms with Gasteiger partial charge in [0.25, 0.3) is 0 Å². The van der Waals surface area contributed by atoms with Gasteiger partial charge in [-0.2, -0.15) is 0 Å². The maximum atomic E-state index is 5.45. The average molecular weight is 358 g/mol. The standard InChI is InChI=1S/C20H27N3OS/c1-14-9-10-17(11-15(14)2)22-20(25)21-13-19(23(3)4)16-7-6-8-18(12-16)24-5/h6-12,19H,13H2,1-5H3,(H2,21,22,25)/t19-/m0/s1. The van der Waals surface area contributed by atoms with E-state index in [4.69, 9.17) is 17.0 Å². The molecule has 0 fully saturated rings. The molecule has 0 unspecified atom stereocenters. The minimum Gasteiger partial charge on any atom is -0.497 e. The molecule has 1 atom stereocenters. The van der Waals surface area contributed by atoms with Crippen molar-refractivity contribution in [3.8, 4) is 5.75 Å². The second-order valence-corrected chi connectivity index (χ2v) is 6.80. The second kappa shape index (κ2) is 8.83. The summed E-state index contributed by atoms with van der Waals surface area (Å²) in [6, 6.07) is 14.6. The van der Waals surface area contributed by atoms with Crippen LogP contribution in [0.15, 0.2) is 42.5 Å². The van der Waals surface area contributed by atoms with E-state index >= 15 is 0 Å². The summed E-state index contributed by atoms with van der Waals surface area (Å²) in [6.45, 7) is 4.91. The van der Waals surface area contributed by atoms with Crippen LogP contribution in [0.1, 0.15) is 22.7 Å². The lowest BCUT2D eigenvalue weighted by molar-refractivity contribution is 0.298. The lowest BCUT2D eigenvalue weighted by atomic mass is 10.1. The first-order valence-electron chi connectivity index (χ1n) is 8.33. The van der Waals surface area contributed by atoms with Gasteiger partial charge in [0, 0.05) is 12.2 Å². The monoisotopic (exact) mass is 357 g/mol. The van der Waals surface area contributed by atoms with Gasteiger partial charge < -0.3 is 20.3 Å². The van der Waals surface area contributed by atoms with Gasteiger partial charge in [0.1, 0.15) is 5.75 Å². The Morgan fingerprint density at radius 1 is 1.12 bits per heavy atom. The van der Waals surface area contributed by atoms with E-state index in [1.807, 2.05) is 18.2 Å². The SMILES string of the molecule is COc1cccc([C@H](CNC(=S)Nc2ccc(C)c(C)c2)N(C)C)c1. The zero-order valence-corrected chi connectivity index (χ0v) is 16.4. The van der Waals surface area contributed by atoms with Gasteiger partial charge in [-0.1, -0.05) is 18.2 Å². The fourth-order valence-electron chi connectivity index (χ4n) is 2.63. The Labute approximate surface area is 156 Å². The van der Waals surface area contributed by atoms with Crippen LogP contribution in [-0.4, -0.2) is 37.8 Å². The summed E-state index contributed by atoms with van der Waals surface area (Å²) in [5.74, 6) is 0.861. The highest BCUT2D eigenvalue weighted by Crippen LogP contribution is 2.22. The molecule has 0 radical (unpaired) electrons. The quantitative estimate of drug-likeness (QED) is 0.767. The number of hydrogen-bond acceptors (Lipinski definition) is 3. The number of nitrogens with one attached hydrogen (secondary N) is 2.